The van der Waals surface area contributed by atoms with Gasteiger partial charge in [0.2, 0.25) is 0 Å². The molecule has 1 fully saturated rings. The van der Waals surface area contributed by atoms with Crippen molar-refractivity contribution in [3.63, 3.8) is 0 Å². The summed E-state index contributed by atoms with van der Waals surface area (Å²) in [4.78, 5) is 14.0. The van der Waals surface area contributed by atoms with E-state index in [-0.39, 0.29) is 19.2 Å². The van der Waals surface area contributed by atoms with Crippen molar-refractivity contribution in [2.75, 3.05) is 45.3 Å². The number of carbonyl (C=O) groups is 1. The lowest BCUT2D eigenvalue weighted by atomic mass is 10.2. The van der Waals surface area contributed by atoms with Gasteiger partial charge in [0.15, 0.2) is 0 Å². The number of hydrogen-bond acceptors (Lipinski definition) is 4. The number of methoxy groups -OCH3 is 1. The molecule has 2 N–H and O–H groups in total. The predicted molar refractivity (Wildman–Crippen MR) is 96.0 cm³/mol. The van der Waals surface area contributed by atoms with Crippen molar-refractivity contribution in [1.29, 1.82) is 0 Å². The Bertz CT molecular complexity index is 743. The molecular weight excluding hydrogens is 322 g/mol. The Kier molecular flexibility index (Phi) is 5.57. The number of nitrogens with zero attached hydrogens (tertiary/aromatic N) is 2. The molecule has 0 spiro atoms. The fraction of sp³-hybridized carbons (Fsp3) is 0.500. The second-order valence-corrected chi connectivity index (χ2v) is 6.31. The third-order valence-corrected chi connectivity index (χ3v) is 4.41. The Labute approximate surface area is 147 Å². The highest BCUT2D eigenvalue weighted by Crippen LogP contribution is 2.23. The first-order valence-corrected chi connectivity index (χ1v) is 8.49. The van der Waals surface area contributed by atoms with Crippen LogP contribution in [0, 0.1) is 6.92 Å². The minimum Gasteiger partial charge on any atom is -0.389 e. The van der Waals surface area contributed by atoms with Gasteiger partial charge in [-0.05, 0) is 31.2 Å². The van der Waals surface area contributed by atoms with Crippen molar-refractivity contribution >= 4 is 22.6 Å². The molecule has 0 aliphatic carbocycles. The van der Waals surface area contributed by atoms with Crippen LogP contribution in [-0.2, 0) is 16.0 Å². The number of nitrogens with one attached hydrogen (secondary N) is 1. The van der Waals surface area contributed by atoms with E-state index >= 15 is 0 Å². The molecule has 25 heavy (non-hydrogen) atoms. The molecule has 2 heterocycles. The molecular formula is C18H25N3O4. The molecule has 3 rings (SSSR count). The van der Waals surface area contributed by atoms with Crippen LogP contribution in [0.1, 0.15) is 5.69 Å². The van der Waals surface area contributed by atoms with Gasteiger partial charge < -0.3 is 29.4 Å². The number of carbonyl (C=O) groups excluding carboxylic acids is 1. The van der Waals surface area contributed by atoms with E-state index in [1.807, 2.05) is 18.2 Å². The highest BCUT2D eigenvalue weighted by molar-refractivity contribution is 5.93. The highest BCUT2D eigenvalue weighted by Gasteiger charge is 2.21. The number of ether oxygens (including phenoxy) is 2. The van der Waals surface area contributed by atoms with E-state index in [4.69, 9.17) is 9.47 Å². The molecule has 0 radical (unpaired) electrons. The van der Waals surface area contributed by atoms with Gasteiger partial charge in [0.25, 0.3) is 0 Å². The van der Waals surface area contributed by atoms with Crippen molar-refractivity contribution < 1.29 is 19.4 Å². The van der Waals surface area contributed by atoms with E-state index in [2.05, 4.69) is 22.9 Å². The monoisotopic (exact) mass is 347 g/mol. The van der Waals surface area contributed by atoms with Gasteiger partial charge >= 0.3 is 6.03 Å². The lowest BCUT2D eigenvalue weighted by Gasteiger charge is -2.21. The Morgan fingerprint density at radius 1 is 1.44 bits per heavy atom. The topological polar surface area (TPSA) is 76.0 Å². The van der Waals surface area contributed by atoms with Crippen LogP contribution in [0.2, 0.25) is 0 Å². The molecule has 2 aromatic rings. The summed E-state index contributed by atoms with van der Waals surface area (Å²) in [5.74, 6) is 0. The van der Waals surface area contributed by atoms with Crippen molar-refractivity contribution in [2.24, 2.45) is 0 Å². The largest absolute Gasteiger partial charge is 0.389 e. The minimum atomic E-state index is -0.645. The number of aliphatic hydroxyl groups excluding tert-OH is 1. The van der Waals surface area contributed by atoms with E-state index in [0.717, 1.165) is 28.8 Å². The molecule has 2 amide bonds. The maximum absolute atomic E-state index is 12.4. The average Bonchev–Trinajstić information content (AvgIpc) is 2.74. The van der Waals surface area contributed by atoms with Gasteiger partial charge in [0.05, 0.1) is 32.5 Å². The molecule has 0 unspecified atom stereocenters. The number of hydrogen-bond donors (Lipinski definition) is 2. The molecule has 0 bridgehead atoms. The summed E-state index contributed by atoms with van der Waals surface area (Å²) in [7, 11) is 1.69. The Morgan fingerprint density at radius 3 is 3.08 bits per heavy atom. The second-order valence-electron chi connectivity index (χ2n) is 6.31. The molecule has 136 valence electrons. The first-order chi connectivity index (χ1) is 12.1. The lowest BCUT2D eigenvalue weighted by molar-refractivity contribution is 0.0575. The number of urea groups is 1. The van der Waals surface area contributed by atoms with E-state index in [1.165, 1.54) is 0 Å². The number of fused-ring (bicyclic) bond motifs is 1. The maximum atomic E-state index is 12.4. The molecule has 7 heteroatoms. The SMILES string of the molecule is COCCn1c(C)cc2cc(NC(=O)N3CCOC[C@H](O)C3)ccc21. The smallest absolute Gasteiger partial charge is 0.322 e. The van der Waals surface area contributed by atoms with Crippen molar-refractivity contribution in [2.45, 2.75) is 19.6 Å². The zero-order valence-electron chi connectivity index (χ0n) is 14.7. The van der Waals surface area contributed by atoms with Crippen LogP contribution < -0.4 is 5.32 Å². The maximum Gasteiger partial charge on any atom is 0.322 e. The summed E-state index contributed by atoms with van der Waals surface area (Å²) in [6, 6.07) is 7.75. The van der Waals surface area contributed by atoms with Crippen LogP contribution >= 0.6 is 0 Å². The van der Waals surface area contributed by atoms with Crippen LogP contribution in [0.4, 0.5) is 10.5 Å². The Hall–Kier alpha value is -2.09. The number of rotatable bonds is 4. The first kappa shape index (κ1) is 17.7. The normalized spacial score (nSPS) is 18.4. The van der Waals surface area contributed by atoms with Gasteiger partial charge in [-0.1, -0.05) is 0 Å². The fourth-order valence-corrected chi connectivity index (χ4v) is 3.15. The Balaban J connectivity index is 1.74. The van der Waals surface area contributed by atoms with Crippen LogP contribution in [0.25, 0.3) is 10.9 Å². The van der Waals surface area contributed by atoms with Crippen molar-refractivity contribution in [1.82, 2.24) is 9.47 Å². The number of anilines is 1. The fourth-order valence-electron chi connectivity index (χ4n) is 3.15. The summed E-state index contributed by atoms with van der Waals surface area (Å²) >= 11 is 0. The molecule has 1 aromatic heterocycles. The average molecular weight is 347 g/mol. The van der Waals surface area contributed by atoms with Crippen LogP contribution in [-0.4, -0.2) is 66.7 Å². The van der Waals surface area contributed by atoms with Crippen LogP contribution in [0.3, 0.4) is 0 Å². The minimum absolute atomic E-state index is 0.223. The lowest BCUT2D eigenvalue weighted by Crippen LogP contribution is -2.40. The van der Waals surface area contributed by atoms with Gasteiger partial charge in [-0.2, -0.15) is 0 Å². The van der Waals surface area contributed by atoms with Crippen molar-refractivity contribution in [3.05, 3.63) is 30.0 Å². The number of aliphatic hydroxyl groups is 1. The zero-order chi connectivity index (χ0) is 17.8. The summed E-state index contributed by atoms with van der Waals surface area (Å²) in [6.45, 7) is 4.96. The number of benzene rings is 1. The third-order valence-electron chi connectivity index (χ3n) is 4.41. The summed E-state index contributed by atoms with van der Waals surface area (Å²) in [6.07, 6.45) is -0.645. The highest BCUT2D eigenvalue weighted by atomic mass is 16.5. The van der Waals surface area contributed by atoms with Gasteiger partial charge in [-0.3, -0.25) is 0 Å². The number of aryl methyl sites for hydroxylation is 1. The summed E-state index contributed by atoms with van der Waals surface area (Å²) in [5.41, 5.74) is 3.01. The number of β-amino-alcohol motifs (C(OH)–C–C–N with tert-alkyl or cyclic N) is 1. The quantitative estimate of drug-likeness (QED) is 0.885. The first-order valence-electron chi connectivity index (χ1n) is 8.49. The molecule has 1 aromatic carbocycles. The molecule has 1 saturated heterocycles. The Morgan fingerprint density at radius 2 is 2.28 bits per heavy atom. The molecule has 1 atom stereocenters. The summed E-state index contributed by atoms with van der Waals surface area (Å²) < 4.78 is 12.6. The van der Waals surface area contributed by atoms with Crippen LogP contribution in [0.5, 0.6) is 0 Å². The van der Waals surface area contributed by atoms with Gasteiger partial charge in [-0.15, -0.1) is 0 Å². The zero-order valence-corrected chi connectivity index (χ0v) is 14.7. The van der Waals surface area contributed by atoms with Gasteiger partial charge in [0, 0.05) is 42.5 Å². The van der Waals surface area contributed by atoms with Gasteiger partial charge in [0.1, 0.15) is 0 Å². The molecule has 1 aliphatic heterocycles. The number of aromatic nitrogens is 1. The molecule has 1 aliphatic rings. The molecule has 7 nitrogen and oxygen atoms in total. The predicted octanol–water partition coefficient (Wildman–Crippen LogP) is 1.82. The van der Waals surface area contributed by atoms with Crippen molar-refractivity contribution in [3.8, 4) is 0 Å². The van der Waals surface area contributed by atoms with E-state index in [9.17, 15) is 9.90 Å². The second kappa shape index (κ2) is 7.86. The van der Waals surface area contributed by atoms with E-state index in [0.29, 0.717) is 19.8 Å². The van der Waals surface area contributed by atoms with Crippen LogP contribution in [0.15, 0.2) is 24.3 Å². The van der Waals surface area contributed by atoms with Gasteiger partial charge in [-0.25, -0.2) is 4.79 Å². The standard InChI is InChI=1S/C18H25N3O4/c1-13-9-14-10-15(3-4-17(14)21(13)6-7-24-2)19-18(23)20-5-8-25-12-16(22)11-20/h3-4,9-10,16,22H,5-8,11-12H2,1-2H3,(H,19,23)/t16-/m1/s1. The molecule has 0 saturated carbocycles. The number of amides is 2. The van der Waals surface area contributed by atoms with E-state index in [1.54, 1.807) is 12.0 Å². The van der Waals surface area contributed by atoms with E-state index < -0.39 is 6.10 Å². The third kappa shape index (κ3) is 4.12. The summed E-state index contributed by atoms with van der Waals surface area (Å²) in [5, 5.41) is 13.7.